The number of nitrogens with zero attached hydrogens (tertiary/aromatic N) is 1. The maximum absolute atomic E-state index is 12.5. The van der Waals surface area contributed by atoms with E-state index < -0.39 is 30.4 Å². The molecule has 2 aliphatic rings. The van der Waals surface area contributed by atoms with Gasteiger partial charge in [0.15, 0.2) is 24.4 Å². The third kappa shape index (κ3) is 4.74. The highest BCUT2D eigenvalue weighted by Crippen LogP contribution is 2.38. The zero-order chi connectivity index (χ0) is 20.3. The molecule has 0 aromatic heterocycles. The van der Waals surface area contributed by atoms with Crippen LogP contribution in [0.15, 0.2) is 66.7 Å². The fourth-order valence-electron chi connectivity index (χ4n) is 3.52. The second kappa shape index (κ2) is 8.47. The third-order valence-corrected chi connectivity index (χ3v) is 4.81. The van der Waals surface area contributed by atoms with E-state index in [1.54, 1.807) is 12.1 Å². The minimum atomic E-state index is -0.752. The monoisotopic (exact) mass is 395 g/mol. The summed E-state index contributed by atoms with van der Waals surface area (Å²) in [5, 5.41) is 12.5. The lowest BCUT2D eigenvalue weighted by Gasteiger charge is -2.23. The minimum Gasteiger partial charge on any atom is -0.618 e. The SMILES string of the molecule is CC1(C)O[C@H]2O[C@H](/C=[N+](/[O-])c3ccccc3)[C@H](OC/C=C/c3ccccc3)[C@H]2O1. The lowest BCUT2D eigenvalue weighted by Crippen LogP contribution is -2.38. The second-order valence-electron chi connectivity index (χ2n) is 7.49. The molecule has 6 nitrogen and oxygen atoms in total. The van der Waals surface area contributed by atoms with Gasteiger partial charge >= 0.3 is 0 Å². The first-order chi connectivity index (χ1) is 14.0. The van der Waals surface area contributed by atoms with E-state index in [0.717, 1.165) is 10.3 Å². The van der Waals surface area contributed by atoms with Crippen molar-refractivity contribution in [1.29, 1.82) is 0 Å². The van der Waals surface area contributed by atoms with Crippen molar-refractivity contribution < 1.29 is 23.7 Å². The fourth-order valence-corrected chi connectivity index (χ4v) is 3.52. The minimum absolute atomic E-state index is 0.366. The van der Waals surface area contributed by atoms with Crippen LogP contribution in [0.4, 0.5) is 5.69 Å². The van der Waals surface area contributed by atoms with Crippen LogP contribution >= 0.6 is 0 Å². The summed E-state index contributed by atoms with van der Waals surface area (Å²) in [6, 6.07) is 19.0. The van der Waals surface area contributed by atoms with E-state index >= 15 is 0 Å². The molecule has 152 valence electrons. The van der Waals surface area contributed by atoms with E-state index in [9.17, 15) is 5.21 Å². The number of rotatable bonds is 6. The molecule has 0 aliphatic carbocycles. The molecule has 2 fully saturated rings. The van der Waals surface area contributed by atoms with Gasteiger partial charge in [0, 0.05) is 12.1 Å². The zero-order valence-corrected chi connectivity index (χ0v) is 16.5. The number of fused-ring (bicyclic) bond motifs is 1. The summed E-state index contributed by atoms with van der Waals surface area (Å²) < 4.78 is 24.6. The quantitative estimate of drug-likeness (QED) is 0.322. The number of para-hydroxylation sites is 1. The molecular weight excluding hydrogens is 370 g/mol. The van der Waals surface area contributed by atoms with Gasteiger partial charge in [0.25, 0.3) is 0 Å². The summed E-state index contributed by atoms with van der Waals surface area (Å²) in [7, 11) is 0. The lowest BCUT2D eigenvalue weighted by molar-refractivity contribution is -0.361. The first-order valence-electron chi connectivity index (χ1n) is 9.72. The van der Waals surface area contributed by atoms with Crippen LogP contribution in [0.25, 0.3) is 6.08 Å². The molecule has 0 spiro atoms. The maximum atomic E-state index is 12.5. The molecule has 2 aliphatic heterocycles. The van der Waals surface area contributed by atoms with Crippen LogP contribution in [0.1, 0.15) is 19.4 Å². The van der Waals surface area contributed by atoms with Gasteiger partial charge in [0.1, 0.15) is 12.2 Å². The Bertz CT molecular complexity index is 865. The molecule has 0 amide bonds. The average Bonchev–Trinajstić information content (AvgIpc) is 3.18. The molecule has 4 rings (SSSR count). The van der Waals surface area contributed by atoms with Gasteiger partial charge in [0.2, 0.25) is 5.69 Å². The van der Waals surface area contributed by atoms with Crippen molar-refractivity contribution in [3.8, 4) is 0 Å². The summed E-state index contributed by atoms with van der Waals surface area (Å²) in [6.45, 7) is 4.04. The lowest BCUT2D eigenvalue weighted by atomic mass is 10.1. The first kappa shape index (κ1) is 19.8. The fraction of sp³-hybridized carbons (Fsp3) is 0.348. The highest BCUT2D eigenvalue weighted by atomic mass is 16.8. The van der Waals surface area contributed by atoms with Crippen LogP contribution in [0.2, 0.25) is 0 Å². The number of benzene rings is 2. The summed E-state index contributed by atoms with van der Waals surface area (Å²) >= 11 is 0. The van der Waals surface area contributed by atoms with Crippen molar-refractivity contribution in [1.82, 2.24) is 0 Å². The van der Waals surface area contributed by atoms with E-state index in [1.165, 1.54) is 6.21 Å². The Morgan fingerprint density at radius 3 is 2.45 bits per heavy atom. The van der Waals surface area contributed by atoms with Crippen molar-refractivity contribution in [3.05, 3.63) is 77.5 Å². The second-order valence-corrected chi connectivity index (χ2v) is 7.49. The average molecular weight is 395 g/mol. The van der Waals surface area contributed by atoms with Gasteiger partial charge in [0.05, 0.1) is 6.61 Å². The molecule has 0 saturated carbocycles. The highest BCUT2D eigenvalue weighted by molar-refractivity contribution is 5.62. The molecule has 29 heavy (non-hydrogen) atoms. The maximum Gasteiger partial charge on any atom is 0.216 e. The molecule has 2 aromatic rings. The molecule has 2 heterocycles. The number of hydrogen-bond acceptors (Lipinski definition) is 5. The van der Waals surface area contributed by atoms with Gasteiger partial charge in [-0.15, -0.1) is 0 Å². The van der Waals surface area contributed by atoms with Crippen molar-refractivity contribution in [2.24, 2.45) is 0 Å². The smallest absolute Gasteiger partial charge is 0.216 e. The van der Waals surface area contributed by atoms with Crippen molar-refractivity contribution >= 4 is 18.0 Å². The van der Waals surface area contributed by atoms with Crippen molar-refractivity contribution in [3.63, 3.8) is 0 Å². The number of hydrogen-bond donors (Lipinski definition) is 0. The van der Waals surface area contributed by atoms with Gasteiger partial charge < -0.3 is 24.2 Å². The molecule has 4 atom stereocenters. The Balaban J connectivity index is 1.47. The number of ether oxygens (including phenoxy) is 4. The summed E-state index contributed by atoms with van der Waals surface area (Å²) in [4.78, 5) is 0. The molecular formula is C23H25NO5. The Kier molecular flexibility index (Phi) is 5.78. The van der Waals surface area contributed by atoms with Gasteiger partial charge in [-0.3, -0.25) is 0 Å². The van der Waals surface area contributed by atoms with E-state index in [2.05, 4.69) is 0 Å². The van der Waals surface area contributed by atoms with E-state index in [4.69, 9.17) is 18.9 Å². The Hall–Kier alpha value is -2.51. The van der Waals surface area contributed by atoms with Crippen LogP contribution in [0.3, 0.4) is 0 Å². The molecule has 6 heteroatoms. The van der Waals surface area contributed by atoms with Gasteiger partial charge in [-0.1, -0.05) is 60.7 Å². The topological polar surface area (TPSA) is 63.0 Å². The molecule has 0 bridgehead atoms. The van der Waals surface area contributed by atoms with E-state index in [1.807, 2.05) is 74.5 Å². The predicted molar refractivity (Wildman–Crippen MR) is 110 cm³/mol. The van der Waals surface area contributed by atoms with E-state index in [-0.39, 0.29) is 0 Å². The van der Waals surface area contributed by atoms with Gasteiger partial charge in [-0.05, 0) is 19.4 Å². The van der Waals surface area contributed by atoms with Crippen LogP contribution in [-0.4, -0.2) is 47.9 Å². The molecule has 2 saturated heterocycles. The van der Waals surface area contributed by atoms with Crippen LogP contribution in [0.5, 0.6) is 0 Å². The largest absolute Gasteiger partial charge is 0.618 e. The highest BCUT2D eigenvalue weighted by Gasteiger charge is 2.56. The van der Waals surface area contributed by atoms with Crippen LogP contribution < -0.4 is 0 Å². The normalized spacial score (nSPS) is 28.7. The van der Waals surface area contributed by atoms with Gasteiger partial charge in [-0.25, -0.2) is 0 Å². The first-order valence-corrected chi connectivity index (χ1v) is 9.72. The molecule has 0 N–H and O–H groups in total. The zero-order valence-electron chi connectivity index (χ0n) is 16.5. The Labute approximate surface area is 170 Å². The standard InChI is InChI=1S/C23H25NO5/c1-23(2)28-21-20(26-15-9-12-17-10-5-3-6-11-17)19(27-22(21)29-23)16-24(25)18-13-7-4-8-14-18/h3-14,16,19-22H,15H2,1-2H3/b12-9+,24-16+/t19-,20+,21-,22-/m1/s1. The third-order valence-electron chi connectivity index (χ3n) is 4.81. The Morgan fingerprint density at radius 2 is 1.72 bits per heavy atom. The summed E-state index contributed by atoms with van der Waals surface area (Å²) in [5.41, 5.74) is 1.62. The molecule has 0 radical (unpaired) electrons. The van der Waals surface area contributed by atoms with Crippen LogP contribution in [0, 0.1) is 5.21 Å². The van der Waals surface area contributed by atoms with E-state index in [0.29, 0.717) is 12.3 Å². The summed E-state index contributed by atoms with van der Waals surface area (Å²) in [5.74, 6) is -0.752. The predicted octanol–water partition coefficient (Wildman–Crippen LogP) is 3.87. The summed E-state index contributed by atoms with van der Waals surface area (Å²) in [6.07, 6.45) is 3.39. The van der Waals surface area contributed by atoms with Crippen LogP contribution in [-0.2, 0) is 18.9 Å². The van der Waals surface area contributed by atoms with Crippen molar-refractivity contribution in [2.45, 2.75) is 44.2 Å². The van der Waals surface area contributed by atoms with Crippen molar-refractivity contribution in [2.75, 3.05) is 6.61 Å². The van der Waals surface area contributed by atoms with Gasteiger partial charge in [-0.2, -0.15) is 4.74 Å². The Morgan fingerprint density at radius 1 is 1.03 bits per heavy atom. The molecule has 0 unspecified atom stereocenters. The molecule has 2 aromatic carbocycles.